The highest BCUT2D eigenvalue weighted by atomic mass is 16.6. The van der Waals surface area contributed by atoms with Gasteiger partial charge in [0.15, 0.2) is 0 Å². The quantitative estimate of drug-likeness (QED) is 0.258. The van der Waals surface area contributed by atoms with Gasteiger partial charge in [0, 0.05) is 57.6 Å². The van der Waals surface area contributed by atoms with E-state index in [1.54, 1.807) is 0 Å². The average Bonchev–Trinajstić information content (AvgIpc) is 3.20. The van der Waals surface area contributed by atoms with Crippen molar-refractivity contribution in [1.82, 2.24) is 15.5 Å². The molecule has 4 aliphatic rings. The zero-order valence-electron chi connectivity index (χ0n) is 24.0. The number of ether oxygens (including phenoxy) is 6. The molecule has 39 heavy (non-hydrogen) atoms. The normalized spacial score (nSPS) is 44.3. The van der Waals surface area contributed by atoms with E-state index in [9.17, 15) is 15.3 Å². The Morgan fingerprint density at radius 2 is 1.10 bits per heavy atom. The van der Waals surface area contributed by atoms with Crippen LogP contribution in [0.4, 0.5) is 0 Å². The van der Waals surface area contributed by atoms with E-state index in [-0.39, 0.29) is 77.3 Å². The second kappa shape index (κ2) is 13.7. The largest absolute Gasteiger partial charge is 0.385 e. The molecule has 228 valence electrons. The molecule has 4 saturated heterocycles. The van der Waals surface area contributed by atoms with Crippen molar-refractivity contribution in [3.63, 3.8) is 0 Å². The Morgan fingerprint density at radius 3 is 1.64 bits per heavy atom. The summed E-state index contributed by atoms with van der Waals surface area (Å²) in [6, 6.07) is 0. The predicted octanol–water partition coefficient (Wildman–Crippen LogP) is -1.50. The van der Waals surface area contributed by atoms with Crippen molar-refractivity contribution < 1.29 is 43.7 Å². The highest BCUT2D eigenvalue weighted by Crippen LogP contribution is 2.38. The zero-order valence-corrected chi connectivity index (χ0v) is 24.0. The van der Waals surface area contributed by atoms with Gasteiger partial charge in [-0.25, -0.2) is 0 Å². The summed E-state index contributed by atoms with van der Waals surface area (Å²) < 4.78 is 35.3. The summed E-state index contributed by atoms with van der Waals surface area (Å²) in [6.45, 7) is 11.1. The molecule has 4 heterocycles. The first-order valence-electron chi connectivity index (χ1n) is 14.4. The lowest BCUT2D eigenvalue weighted by Gasteiger charge is -2.52. The third-order valence-corrected chi connectivity index (χ3v) is 8.04. The fourth-order valence-corrected chi connectivity index (χ4v) is 6.13. The average molecular weight is 562 g/mol. The van der Waals surface area contributed by atoms with Gasteiger partial charge in [-0.1, -0.05) is 0 Å². The lowest BCUT2D eigenvalue weighted by atomic mass is 9.75. The van der Waals surface area contributed by atoms with E-state index in [0.717, 1.165) is 6.54 Å². The summed E-state index contributed by atoms with van der Waals surface area (Å²) >= 11 is 0. The van der Waals surface area contributed by atoms with Crippen LogP contribution in [0.1, 0.15) is 33.6 Å². The molecule has 0 aromatic carbocycles. The van der Waals surface area contributed by atoms with Gasteiger partial charge in [0.05, 0.1) is 77.8 Å². The Labute approximate surface area is 232 Å². The fraction of sp³-hybridized carbons (Fsp3) is 1.00. The summed E-state index contributed by atoms with van der Waals surface area (Å²) in [5.41, 5.74) is -4.72. The topological polar surface area (TPSA) is 143 Å². The van der Waals surface area contributed by atoms with Crippen molar-refractivity contribution in [3.05, 3.63) is 0 Å². The van der Waals surface area contributed by atoms with Crippen molar-refractivity contribution >= 4 is 0 Å². The maximum Gasteiger partial charge on any atom is 0.124 e. The molecule has 0 saturated carbocycles. The Kier molecular flexibility index (Phi) is 11.0. The lowest BCUT2D eigenvalue weighted by molar-refractivity contribution is -0.151. The van der Waals surface area contributed by atoms with Crippen LogP contribution >= 0.6 is 0 Å². The van der Waals surface area contributed by atoms with Crippen molar-refractivity contribution in [3.8, 4) is 0 Å². The van der Waals surface area contributed by atoms with E-state index < -0.39 is 22.3 Å². The van der Waals surface area contributed by atoms with Crippen molar-refractivity contribution in [1.29, 1.82) is 0 Å². The molecule has 12 heteroatoms. The van der Waals surface area contributed by atoms with E-state index in [0.29, 0.717) is 46.0 Å². The van der Waals surface area contributed by atoms with Gasteiger partial charge in [0.2, 0.25) is 0 Å². The summed E-state index contributed by atoms with van der Waals surface area (Å²) in [4.78, 5) is 2.18. The van der Waals surface area contributed by atoms with Crippen LogP contribution in [-0.4, -0.2) is 160 Å². The molecule has 0 radical (unpaired) electrons. The third-order valence-electron chi connectivity index (χ3n) is 8.04. The first kappa shape index (κ1) is 31.5. The van der Waals surface area contributed by atoms with Crippen LogP contribution in [-0.2, 0) is 28.4 Å². The molecular formula is C27H51N3O9. The number of nitrogens with zero attached hydrogens (tertiary/aromatic N) is 1. The van der Waals surface area contributed by atoms with Gasteiger partial charge in [0.25, 0.3) is 0 Å². The smallest absolute Gasteiger partial charge is 0.124 e. The van der Waals surface area contributed by atoms with Gasteiger partial charge < -0.3 is 54.4 Å². The second-order valence-corrected chi connectivity index (χ2v) is 12.5. The Balaban J connectivity index is 1.70. The predicted molar refractivity (Wildman–Crippen MR) is 143 cm³/mol. The lowest BCUT2D eigenvalue weighted by Crippen LogP contribution is -2.67. The van der Waals surface area contributed by atoms with Crippen LogP contribution in [0.3, 0.4) is 0 Å². The molecule has 0 aliphatic carbocycles. The Hall–Kier alpha value is -0.480. The van der Waals surface area contributed by atoms with Crippen LogP contribution in [0, 0.1) is 0 Å². The molecule has 0 bridgehead atoms. The number of hydrogen-bond acceptors (Lipinski definition) is 12. The molecule has 0 aromatic heterocycles. The first-order valence-corrected chi connectivity index (χ1v) is 14.4. The summed E-state index contributed by atoms with van der Waals surface area (Å²) in [7, 11) is 0. The van der Waals surface area contributed by atoms with Gasteiger partial charge in [0.1, 0.15) is 16.8 Å². The first-order chi connectivity index (χ1) is 18.5. The van der Waals surface area contributed by atoms with Gasteiger partial charge in [-0.2, -0.15) is 0 Å². The monoisotopic (exact) mass is 561 g/mol. The molecule has 4 rings (SSSR count). The van der Waals surface area contributed by atoms with Crippen molar-refractivity contribution in [2.24, 2.45) is 0 Å². The summed E-state index contributed by atoms with van der Waals surface area (Å²) in [5, 5.41) is 42.6. The van der Waals surface area contributed by atoms with Crippen LogP contribution in [0.25, 0.3) is 0 Å². The van der Waals surface area contributed by atoms with E-state index in [1.807, 2.05) is 20.8 Å². The standard InChI is InChI=1S/C27H51N3O9/c1-21-8-34-15-25(31,18-37-21)11-24(12-26(32)16-35-9-22(2)38-19-26)13-29-5-4-28-6-7-30(24)14-27(33)17-36-10-23(3)39-20-27/h21-23,28-29,31-33H,4-20H2,1-3H3. The van der Waals surface area contributed by atoms with E-state index >= 15 is 0 Å². The number of β-amino-alcohol motifs (C(OH)–C–C–N with tert-alkyl or cyclic N) is 1. The minimum atomic E-state index is -1.31. The van der Waals surface area contributed by atoms with Crippen LogP contribution in [0.2, 0.25) is 0 Å². The van der Waals surface area contributed by atoms with Crippen molar-refractivity contribution in [2.45, 2.75) is 74.3 Å². The second-order valence-electron chi connectivity index (χ2n) is 12.5. The summed E-state index contributed by atoms with van der Waals surface area (Å²) in [6.07, 6.45) is 0.100. The molecule has 4 aliphatic heterocycles. The number of rotatable bonds is 6. The fourth-order valence-electron chi connectivity index (χ4n) is 6.13. The molecule has 0 spiro atoms. The number of aliphatic hydroxyl groups is 3. The van der Waals surface area contributed by atoms with Crippen LogP contribution in [0.5, 0.6) is 0 Å². The van der Waals surface area contributed by atoms with E-state index in [1.165, 1.54) is 0 Å². The molecule has 0 amide bonds. The number of hydrogen-bond donors (Lipinski definition) is 5. The van der Waals surface area contributed by atoms with Gasteiger partial charge in [-0.05, 0) is 20.8 Å². The molecular weight excluding hydrogens is 510 g/mol. The molecule has 5 N–H and O–H groups in total. The zero-order chi connectivity index (χ0) is 28.0. The van der Waals surface area contributed by atoms with Crippen LogP contribution in [0.15, 0.2) is 0 Å². The highest BCUT2D eigenvalue weighted by Gasteiger charge is 2.52. The Bertz CT molecular complexity index is 734. The van der Waals surface area contributed by atoms with Gasteiger partial charge in [-0.3, -0.25) is 4.90 Å². The highest BCUT2D eigenvalue weighted by molar-refractivity contribution is 5.07. The SMILES string of the molecule is CC1COCC(O)(CN2CCNCCNCC2(CC2(O)COCC(C)OC2)CC2(O)COCC(C)OC2)CO1. The van der Waals surface area contributed by atoms with Gasteiger partial charge >= 0.3 is 0 Å². The Morgan fingerprint density at radius 1 is 0.641 bits per heavy atom. The molecule has 12 nitrogen and oxygen atoms in total. The molecule has 6 atom stereocenters. The van der Waals surface area contributed by atoms with Gasteiger partial charge in [-0.15, -0.1) is 0 Å². The van der Waals surface area contributed by atoms with Crippen molar-refractivity contribution in [2.75, 3.05) is 98.7 Å². The molecule has 0 aromatic rings. The molecule has 6 unspecified atom stereocenters. The van der Waals surface area contributed by atoms with Crippen LogP contribution < -0.4 is 10.6 Å². The maximum atomic E-state index is 11.9. The molecule has 4 fully saturated rings. The number of nitrogens with one attached hydrogen (secondary N) is 2. The minimum absolute atomic E-state index is 0.110. The van der Waals surface area contributed by atoms with E-state index in [2.05, 4.69) is 15.5 Å². The minimum Gasteiger partial charge on any atom is -0.385 e. The maximum absolute atomic E-state index is 11.9. The summed E-state index contributed by atoms with van der Waals surface area (Å²) in [5.74, 6) is 0. The van der Waals surface area contributed by atoms with E-state index in [4.69, 9.17) is 28.4 Å². The third kappa shape index (κ3) is 9.00.